The van der Waals surface area contributed by atoms with Gasteiger partial charge in [-0.05, 0) is 24.0 Å². The molecule has 1 aromatic carbocycles. The molecule has 1 aliphatic rings. The third kappa shape index (κ3) is 3.95. The molecule has 0 fully saturated rings. The Morgan fingerprint density at radius 1 is 1.32 bits per heavy atom. The second-order valence-electron chi connectivity index (χ2n) is 5.28. The van der Waals surface area contributed by atoms with Crippen LogP contribution in [0.3, 0.4) is 0 Å². The number of nitro benzene ring substituents is 1. The van der Waals surface area contributed by atoms with Crippen molar-refractivity contribution in [2.24, 2.45) is 0 Å². The number of hydrogen-bond acceptors (Lipinski definition) is 4. The van der Waals surface area contributed by atoms with Crippen molar-refractivity contribution in [2.45, 2.75) is 25.1 Å². The zero-order chi connectivity index (χ0) is 16.3. The summed E-state index contributed by atoms with van der Waals surface area (Å²) in [6.07, 6.45) is -5.15. The Morgan fingerprint density at radius 2 is 1.95 bits per heavy atom. The van der Waals surface area contributed by atoms with E-state index in [1.807, 2.05) is 0 Å². The molecule has 0 amide bonds. The lowest BCUT2D eigenvalue weighted by molar-refractivity contribution is -0.384. The lowest BCUT2D eigenvalue weighted by Gasteiger charge is -2.26. The first-order valence-electron chi connectivity index (χ1n) is 6.89. The summed E-state index contributed by atoms with van der Waals surface area (Å²) in [6, 6.07) is 4.63. The maximum Gasteiger partial charge on any atom is 0.415 e. The lowest BCUT2D eigenvalue weighted by atomic mass is 10.0. The van der Waals surface area contributed by atoms with Gasteiger partial charge in [0, 0.05) is 38.9 Å². The van der Waals surface area contributed by atoms with Gasteiger partial charge in [0.25, 0.3) is 5.69 Å². The zero-order valence-electron chi connectivity index (χ0n) is 12.1. The fraction of sp³-hybridized carbons (Fsp3) is 0.571. The van der Waals surface area contributed by atoms with Crippen LogP contribution in [-0.4, -0.2) is 48.8 Å². The highest BCUT2D eigenvalue weighted by atomic mass is 19.4. The van der Waals surface area contributed by atoms with Crippen molar-refractivity contribution in [3.63, 3.8) is 0 Å². The fourth-order valence-corrected chi connectivity index (χ4v) is 2.60. The Balaban J connectivity index is 2.06. The van der Waals surface area contributed by atoms with Crippen molar-refractivity contribution in [1.29, 1.82) is 0 Å². The van der Waals surface area contributed by atoms with Crippen molar-refractivity contribution in [3.8, 4) is 0 Å². The molecule has 8 heteroatoms. The van der Waals surface area contributed by atoms with Crippen LogP contribution < -0.4 is 0 Å². The molecule has 0 bridgehead atoms. The van der Waals surface area contributed by atoms with Crippen molar-refractivity contribution in [2.75, 3.05) is 26.7 Å². The number of non-ortho nitro benzene ring substituents is 1. The molecule has 1 aliphatic heterocycles. The Bertz CT molecular complexity index is 549. The Labute approximate surface area is 125 Å². The van der Waals surface area contributed by atoms with Crippen LogP contribution in [0.15, 0.2) is 18.2 Å². The molecular weight excluding hydrogens is 301 g/mol. The number of nitrogens with zero attached hydrogens (tertiary/aromatic N) is 2. The standard InChI is InChI=1S/C14H17F3N2O3/c1-22-13(14(15,16)17)9-18-6-4-10-2-3-12(19(20)21)8-11(10)5-7-18/h2-3,8,13H,4-7,9H2,1H3. The molecule has 5 nitrogen and oxygen atoms in total. The van der Waals surface area contributed by atoms with Crippen LogP contribution in [0.25, 0.3) is 0 Å². The van der Waals surface area contributed by atoms with Crippen LogP contribution in [0, 0.1) is 10.1 Å². The first-order chi connectivity index (χ1) is 10.3. The first kappa shape index (κ1) is 16.7. The molecule has 0 saturated carbocycles. The maximum absolute atomic E-state index is 12.8. The quantitative estimate of drug-likeness (QED) is 0.632. The van der Waals surface area contributed by atoms with E-state index in [1.54, 1.807) is 11.0 Å². The Hall–Kier alpha value is -1.67. The average molecular weight is 318 g/mol. The number of alkyl halides is 3. The summed E-state index contributed by atoms with van der Waals surface area (Å²) in [7, 11) is 1.05. The minimum atomic E-state index is -4.40. The molecule has 0 aliphatic carbocycles. The summed E-state index contributed by atoms with van der Waals surface area (Å²) < 4.78 is 42.8. The number of nitro groups is 1. The van der Waals surface area contributed by atoms with Gasteiger partial charge >= 0.3 is 6.18 Å². The predicted molar refractivity (Wildman–Crippen MR) is 73.8 cm³/mol. The summed E-state index contributed by atoms with van der Waals surface area (Å²) in [5.41, 5.74) is 1.80. The first-order valence-corrected chi connectivity index (χ1v) is 6.89. The summed E-state index contributed by atoms with van der Waals surface area (Å²) in [6.45, 7) is 0.668. The highest BCUT2D eigenvalue weighted by Gasteiger charge is 2.41. The minimum absolute atomic E-state index is 0.0114. The number of benzene rings is 1. The molecule has 122 valence electrons. The summed E-state index contributed by atoms with van der Waals surface area (Å²) >= 11 is 0. The molecule has 1 unspecified atom stereocenters. The monoisotopic (exact) mass is 318 g/mol. The molecule has 0 saturated heterocycles. The maximum atomic E-state index is 12.8. The normalized spacial score (nSPS) is 17.6. The van der Waals surface area contributed by atoms with Crippen molar-refractivity contribution >= 4 is 5.69 Å². The van der Waals surface area contributed by atoms with E-state index >= 15 is 0 Å². The molecule has 1 heterocycles. The highest BCUT2D eigenvalue weighted by Crippen LogP contribution is 2.25. The van der Waals surface area contributed by atoms with Crippen LogP contribution in [0.4, 0.5) is 18.9 Å². The van der Waals surface area contributed by atoms with Gasteiger partial charge in [-0.15, -0.1) is 0 Å². The van der Waals surface area contributed by atoms with Crippen LogP contribution in [0.2, 0.25) is 0 Å². The smallest absolute Gasteiger partial charge is 0.371 e. The van der Waals surface area contributed by atoms with E-state index in [0.29, 0.717) is 25.9 Å². The van der Waals surface area contributed by atoms with Gasteiger partial charge in [-0.3, -0.25) is 15.0 Å². The van der Waals surface area contributed by atoms with Gasteiger partial charge in [-0.25, -0.2) is 0 Å². The van der Waals surface area contributed by atoms with Crippen molar-refractivity contribution < 1.29 is 22.8 Å². The Kier molecular flexibility index (Phi) is 5.02. The zero-order valence-corrected chi connectivity index (χ0v) is 12.1. The van der Waals surface area contributed by atoms with E-state index in [4.69, 9.17) is 0 Å². The number of ether oxygens (including phenoxy) is 1. The molecule has 0 radical (unpaired) electrons. The molecule has 0 aromatic heterocycles. The predicted octanol–water partition coefficient (Wildman–Crippen LogP) is 2.57. The summed E-state index contributed by atoms with van der Waals surface area (Å²) in [5, 5.41) is 10.8. The van der Waals surface area contributed by atoms with E-state index in [9.17, 15) is 23.3 Å². The molecule has 2 rings (SSSR count). The van der Waals surface area contributed by atoms with Crippen LogP contribution >= 0.6 is 0 Å². The average Bonchev–Trinajstić information content (AvgIpc) is 2.65. The molecule has 22 heavy (non-hydrogen) atoms. The number of halogens is 3. The molecule has 1 aromatic rings. The highest BCUT2D eigenvalue weighted by molar-refractivity contribution is 5.40. The van der Waals surface area contributed by atoms with Gasteiger partial charge in [-0.2, -0.15) is 13.2 Å². The second-order valence-corrected chi connectivity index (χ2v) is 5.28. The van der Waals surface area contributed by atoms with Gasteiger partial charge in [0.05, 0.1) is 4.92 Å². The number of fused-ring (bicyclic) bond motifs is 1. The topological polar surface area (TPSA) is 55.6 Å². The Morgan fingerprint density at radius 3 is 2.50 bits per heavy atom. The SMILES string of the molecule is COC(CN1CCc2ccc([N+](=O)[O-])cc2CC1)C(F)(F)F. The van der Waals surface area contributed by atoms with Gasteiger partial charge in [0.15, 0.2) is 6.10 Å². The lowest BCUT2D eigenvalue weighted by Crippen LogP contribution is -2.43. The van der Waals surface area contributed by atoms with Gasteiger partial charge < -0.3 is 4.74 Å². The van der Waals surface area contributed by atoms with Crippen LogP contribution in [0.1, 0.15) is 11.1 Å². The number of hydrogen-bond donors (Lipinski definition) is 0. The third-order valence-electron chi connectivity index (χ3n) is 3.87. The van der Waals surface area contributed by atoms with Crippen molar-refractivity contribution in [1.82, 2.24) is 4.90 Å². The van der Waals surface area contributed by atoms with E-state index in [2.05, 4.69) is 4.74 Å². The summed E-state index contributed by atoms with van der Waals surface area (Å²) in [5.74, 6) is 0. The van der Waals surface area contributed by atoms with Crippen LogP contribution in [-0.2, 0) is 17.6 Å². The molecule has 0 spiro atoms. The summed E-state index contributed by atoms with van der Waals surface area (Å²) in [4.78, 5) is 12.0. The van der Waals surface area contributed by atoms with Gasteiger partial charge in [0.2, 0.25) is 0 Å². The van der Waals surface area contributed by atoms with Crippen molar-refractivity contribution in [3.05, 3.63) is 39.4 Å². The van der Waals surface area contributed by atoms with E-state index in [0.717, 1.165) is 18.2 Å². The van der Waals surface area contributed by atoms with Gasteiger partial charge in [-0.1, -0.05) is 6.07 Å². The minimum Gasteiger partial charge on any atom is -0.371 e. The van der Waals surface area contributed by atoms with Gasteiger partial charge in [0.1, 0.15) is 0 Å². The third-order valence-corrected chi connectivity index (χ3v) is 3.87. The van der Waals surface area contributed by atoms with E-state index in [-0.39, 0.29) is 12.2 Å². The van der Waals surface area contributed by atoms with E-state index in [1.165, 1.54) is 12.1 Å². The molecule has 0 N–H and O–H groups in total. The molecular formula is C14H17F3N2O3. The number of methoxy groups -OCH3 is 1. The molecule has 1 atom stereocenters. The largest absolute Gasteiger partial charge is 0.415 e. The second kappa shape index (κ2) is 6.62. The van der Waals surface area contributed by atoms with E-state index < -0.39 is 17.2 Å². The number of rotatable bonds is 4. The fourth-order valence-electron chi connectivity index (χ4n) is 2.60. The van der Waals surface area contributed by atoms with Crippen LogP contribution in [0.5, 0.6) is 0 Å².